The SMILES string of the molecule is C=CC.C=CCC/C=C\CC.CC. The van der Waals surface area contributed by atoms with Crippen LogP contribution in [0.2, 0.25) is 0 Å². The average molecular weight is 182 g/mol. The van der Waals surface area contributed by atoms with Crippen molar-refractivity contribution in [2.75, 3.05) is 0 Å². The van der Waals surface area contributed by atoms with Gasteiger partial charge in [0.1, 0.15) is 0 Å². The fourth-order valence-electron chi connectivity index (χ4n) is 0.499. The first kappa shape index (κ1) is 18.1. The van der Waals surface area contributed by atoms with Crippen LogP contribution in [0, 0.1) is 0 Å². The van der Waals surface area contributed by atoms with Crippen LogP contribution in [0.4, 0.5) is 0 Å². The molecule has 0 bridgehead atoms. The van der Waals surface area contributed by atoms with Crippen LogP contribution in [0.3, 0.4) is 0 Å². The van der Waals surface area contributed by atoms with Crippen LogP contribution in [-0.2, 0) is 0 Å². The highest BCUT2D eigenvalue weighted by Crippen LogP contribution is 1.91. The molecule has 0 amide bonds. The zero-order valence-corrected chi connectivity index (χ0v) is 9.84. The van der Waals surface area contributed by atoms with Gasteiger partial charge in [-0.15, -0.1) is 13.2 Å². The van der Waals surface area contributed by atoms with Gasteiger partial charge in [-0.2, -0.15) is 0 Å². The van der Waals surface area contributed by atoms with Crippen molar-refractivity contribution < 1.29 is 0 Å². The standard InChI is InChI=1S/C8H14.C3H6.C2H6/c1-3-5-7-8-6-4-2;1-3-2;1-2/h3,6,8H,1,4-5,7H2,2H3;3H,1H2,2H3;1-2H3/b8-6-;;. The minimum atomic E-state index is 1.11. The molecule has 0 spiro atoms. The van der Waals surface area contributed by atoms with E-state index in [4.69, 9.17) is 0 Å². The molecule has 0 atom stereocenters. The molecule has 0 saturated carbocycles. The van der Waals surface area contributed by atoms with Gasteiger partial charge in [-0.3, -0.25) is 0 Å². The van der Waals surface area contributed by atoms with E-state index < -0.39 is 0 Å². The molecule has 0 rings (SSSR count). The summed E-state index contributed by atoms with van der Waals surface area (Å²) in [5.74, 6) is 0. The van der Waals surface area contributed by atoms with Crippen molar-refractivity contribution in [1.29, 1.82) is 0 Å². The summed E-state index contributed by atoms with van der Waals surface area (Å²) in [5.41, 5.74) is 0. The average Bonchev–Trinajstić information content (AvgIpc) is 2.17. The van der Waals surface area contributed by atoms with E-state index in [1.165, 1.54) is 0 Å². The van der Waals surface area contributed by atoms with E-state index in [0.29, 0.717) is 0 Å². The lowest BCUT2D eigenvalue weighted by atomic mass is 10.3. The molecule has 0 heteroatoms. The Bertz CT molecular complexity index is 98.6. The zero-order chi connectivity index (χ0) is 10.9. The summed E-state index contributed by atoms with van der Waals surface area (Å²) in [6.07, 6.45) is 11.5. The van der Waals surface area contributed by atoms with Crippen molar-refractivity contribution >= 4 is 0 Å². The van der Waals surface area contributed by atoms with Crippen molar-refractivity contribution in [2.45, 2.75) is 47.0 Å². The number of unbranched alkanes of at least 4 members (excludes halogenated alkanes) is 1. The van der Waals surface area contributed by atoms with Crippen LogP contribution < -0.4 is 0 Å². The van der Waals surface area contributed by atoms with Gasteiger partial charge in [0.15, 0.2) is 0 Å². The predicted octanol–water partition coefficient (Wildman–Crippen LogP) is 5.14. The molecule has 13 heavy (non-hydrogen) atoms. The molecule has 0 aliphatic heterocycles. The molecule has 0 aliphatic rings. The lowest BCUT2D eigenvalue weighted by molar-refractivity contribution is 1.04. The molecule has 0 fully saturated rings. The first-order valence-corrected chi connectivity index (χ1v) is 5.16. The minimum Gasteiger partial charge on any atom is -0.103 e. The Balaban J connectivity index is -0.000000169. The summed E-state index contributed by atoms with van der Waals surface area (Å²) < 4.78 is 0. The second-order valence-electron chi connectivity index (χ2n) is 2.15. The molecule has 0 aromatic carbocycles. The van der Waals surface area contributed by atoms with Crippen LogP contribution in [0.15, 0.2) is 37.5 Å². The first-order chi connectivity index (χ1) is 6.33. The van der Waals surface area contributed by atoms with Crippen molar-refractivity contribution in [1.82, 2.24) is 0 Å². The van der Waals surface area contributed by atoms with Gasteiger partial charge >= 0.3 is 0 Å². The first-order valence-electron chi connectivity index (χ1n) is 5.16. The number of hydrogen-bond acceptors (Lipinski definition) is 0. The van der Waals surface area contributed by atoms with Crippen molar-refractivity contribution in [3.05, 3.63) is 37.5 Å². The number of rotatable bonds is 4. The summed E-state index contributed by atoms with van der Waals surface area (Å²) in [4.78, 5) is 0. The van der Waals surface area contributed by atoms with Crippen molar-refractivity contribution in [3.8, 4) is 0 Å². The minimum absolute atomic E-state index is 1.11. The van der Waals surface area contributed by atoms with E-state index in [1.54, 1.807) is 6.08 Å². The molecule has 0 saturated heterocycles. The van der Waals surface area contributed by atoms with Crippen LogP contribution in [0.25, 0.3) is 0 Å². The Morgan fingerprint density at radius 3 is 1.77 bits per heavy atom. The molecule has 0 aromatic heterocycles. The van der Waals surface area contributed by atoms with Gasteiger partial charge in [-0.05, 0) is 26.2 Å². The van der Waals surface area contributed by atoms with Crippen LogP contribution in [-0.4, -0.2) is 0 Å². The van der Waals surface area contributed by atoms with Crippen LogP contribution >= 0.6 is 0 Å². The smallest absolute Gasteiger partial charge is 0.0316 e. The van der Waals surface area contributed by atoms with Gasteiger partial charge in [-0.1, -0.05) is 45.1 Å². The van der Waals surface area contributed by atoms with Gasteiger partial charge in [0.05, 0.1) is 0 Å². The summed E-state index contributed by atoms with van der Waals surface area (Å²) >= 11 is 0. The summed E-state index contributed by atoms with van der Waals surface area (Å²) in [6, 6.07) is 0. The highest BCUT2D eigenvalue weighted by Gasteiger charge is 1.70. The maximum absolute atomic E-state index is 3.62. The highest BCUT2D eigenvalue weighted by atomic mass is 13.8. The van der Waals surface area contributed by atoms with Crippen LogP contribution in [0.1, 0.15) is 47.0 Å². The number of hydrogen-bond donors (Lipinski definition) is 0. The van der Waals surface area contributed by atoms with Gasteiger partial charge in [0.2, 0.25) is 0 Å². The van der Waals surface area contributed by atoms with Gasteiger partial charge < -0.3 is 0 Å². The monoisotopic (exact) mass is 182 g/mol. The molecule has 0 unspecified atom stereocenters. The third-order valence-corrected chi connectivity index (χ3v) is 0.940. The summed E-state index contributed by atoms with van der Waals surface area (Å²) in [7, 11) is 0. The molecule has 0 nitrogen and oxygen atoms in total. The Morgan fingerprint density at radius 2 is 1.46 bits per heavy atom. The Morgan fingerprint density at radius 1 is 1.00 bits per heavy atom. The lowest BCUT2D eigenvalue weighted by Crippen LogP contribution is -1.61. The normalized spacial score (nSPS) is 7.69. The topological polar surface area (TPSA) is 0 Å². The third-order valence-electron chi connectivity index (χ3n) is 0.940. The Hall–Kier alpha value is -0.780. The molecular formula is C13H26. The van der Waals surface area contributed by atoms with E-state index in [2.05, 4.69) is 32.2 Å². The molecule has 0 N–H and O–H groups in total. The molecule has 0 aliphatic carbocycles. The number of allylic oxidation sites excluding steroid dienone is 4. The Kier molecular flexibility index (Phi) is 42.2. The third kappa shape index (κ3) is 53.6. The Labute approximate surface area is 85.1 Å². The van der Waals surface area contributed by atoms with Gasteiger partial charge in [0.25, 0.3) is 0 Å². The van der Waals surface area contributed by atoms with Crippen molar-refractivity contribution in [2.24, 2.45) is 0 Å². The lowest BCUT2D eigenvalue weighted by Gasteiger charge is -1.81. The largest absolute Gasteiger partial charge is 0.103 e. The van der Waals surface area contributed by atoms with E-state index in [-0.39, 0.29) is 0 Å². The second-order valence-corrected chi connectivity index (χ2v) is 2.15. The highest BCUT2D eigenvalue weighted by molar-refractivity contribution is 4.82. The summed E-state index contributed by atoms with van der Waals surface area (Å²) in [6.45, 7) is 15.0. The second kappa shape index (κ2) is 30.3. The molecule has 0 aromatic rings. The maximum atomic E-state index is 3.62. The predicted molar refractivity (Wildman–Crippen MR) is 66.1 cm³/mol. The van der Waals surface area contributed by atoms with E-state index >= 15 is 0 Å². The summed E-state index contributed by atoms with van der Waals surface area (Å²) in [5, 5.41) is 0. The van der Waals surface area contributed by atoms with Crippen LogP contribution in [0.5, 0.6) is 0 Å². The van der Waals surface area contributed by atoms with E-state index in [9.17, 15) is 0 Å². The molecule has 0 heterocycles. The van der Waals surface area contributed by atoms with E-state index in [0.717, 1.165) is 19.3 Å². The van der Waals surface area contributed by atoms with E-state index in [1.807, 2.05) is 26.8 Å². The van der Waals surface area contributed by atoms with Crippen molar-refractivity contribution in [3.63, 3.8) is 0 Å². The zero-order valence-electron chi connectivity index (χ0n) is 9.84. The maximum Gasteiger partial charge on any atom is -0.0316 e. The van der Waals surface area contributed by atoms with Gasteiger partial charge in [-0.25, -0.2) is 0 Å². The van der Waals surface area contributed by atoms with Gasteiger partial charge in [0, 0.05) is 0 Å². The molecular weight excluding hydrogens is 156 g/mol. The molecule has 0 radical (unpaired) electrons. The fourth-order valence-corrected chi connectivity index (χ4v) is 0.499. The molecule has 78 valence electrons. The quantitative estimate of drug-likeness (QED) is 0.417. The fraction of sp³-hybridized carbons (Fsp3) is 0.538.